The van der Waals surface area contributed by atoms with Crippen molar-refractivity contribution >= 4 is 29.1 Å². The van der Waals surface area contributed by atoms with Gasteiger partial charge in [-0.05, 0) is 47.5 Å². The number of rotatable bonds is 10. The summed E-state index contributed by atoms with van der Waals surface area (Å²) in [5.41, 5.74) is 15.1. The fourth-order valence-electron chi connectivity index (χ4n) is 3.42. The number of ether oxygens (including phenoxy) is 2. The topological polar surface area (TPSA) is 140 Å². The smallest absolute Gasteiger partial charge is 0.412 e. The summed E-state index contributed by atoms with van der Waals surface area (Å²) in [5, 5.41) is 12.3. The number of hydrogen-bond acceptors (Lipinski definition) is 7. The Morgan fingerprint density at radius 3 is 2.31 bits per heavy atom. The van der Waals surface area contributed by atoms with E-state index in [9.17, 15) is 14.7 Å². The first-order valence-corrected chi connectivity index (χ1v) is 11.1. The number of nitrogens with one attached hydrogen (secondary N) is 1. The van der Waals surface area contributed by atoms with Crippen LogP contribution >= 0.6 is 0 Å². The van der Waals surface area contributed by atoms with Crippen LogP contribution in [-0.2, 0) is 16.0 Å². The fraction of sp³-hybridized carbons (Fsp3) is 0.231. The Kier molecular flexibility index (Phi) is 9.05. The molecule has 0 aliphatic carbocycles. The number of aliphatic hydroxyl groups is 1. The molecule has 3 rings (SSSR count). The lowest BCUT2D eigenvalue weighted by Gasteiger charge is -2.25. The van der Waals surface area contributed by atoms with Crippen molar-refractivity contribution in [2.45, 2.75) is 19.1 Å². The SMILES string of the molecule is COCN(Cc1ccc(N)cc1)C(=O)O[C@H](CCO)c1ccc(C(=O)Nc2ccccc2N)cc1. The molecule has 0 saturated heterocycles. The van der Waals surface area contributed by atoms with Gasteiger partial charge in [-0.2, -0.15) is 0 Å². The third-order valence-corrected chi connectivity index (χ3v) is 5.28. The normalized spacial score (nSPS) is 11.5. The molecule has 0 fully saturated rings. The van der Waals surface area contributed by atoms with Gasteiger partial charge in [-0.1, -0.05) is 36.4 Å². The number of nitrogens with zero attached hydrogens (tertiary/aromatic N) is 1. The van der Waals surface area contributed by atoms with Crippen LogP contribution in [0.1, 0.15) is 34.0 Å². The van der Waals surface area contributed by atoms with E-state index in [1.54, 1.807) is 60.7 Å². The van der Waals surface area contributed by atoms with Crippen LogP contribution in [0.4, 0.5) is 21.9 Å². The standard InChI is InChI=1S/C26H30N4O5/c1-34-17-30(16-18-6-12-21(27)13-7-18)26(33)35-24(14-15-31)19-8-10-20(11-9-19)25(32)29-23-5-3-2-4-22(23)28/h2-13,24,31H,14-17,27-28H2,1H3,(H,29,32)/t24-/m1/s1. The minimum atomic E-state index is -0.708. The predicted molar refractivity (Wildman–Crippen MR) is 134 cm³/mol. The molecule has 3 aromatic rings. The highest BCUT2D eigenvalue weighted by atomic mass is 16.6. The van der Waals surface area contributed by atoms with Crippen LogP contribution in [0.2, 0.25) is 0 Å². The van der Waals surface area contributed by atoms with Gasteiger partial charge >= 0.3 is 6.09 Å². The molecule has 0 saturated carbocycles. The number of nitrogens with two attached hydrogens (primary N) is 2. The number of hydrogen-bond donors (Lipinski definition) is 4. The second-order valence-corrected chi connectivity index (χ2v) is 7.91. The van der Waals surface area contributed by atoms with E-state index in [0.717, 1.165) is 5.56 Å². The third-order valence-electron chi connectivity index (χ3n) is 5.28. The van der Waals surface area contributed by atoms with Crippen LogP contribution in [0.3, 0.4) is 0 Å². The number of benzene rings is 3. The molecule has 0 heterocycles. The monoisotopic (exact) mass is 478 g/mol. The molecular weight excluding hydrogens is 448 g/mol. The summed E-state index contributed by atoms with van der Waals surface area (Å²) in [6, 6.07) is 20.8. The first-order chi connectivity index (χ1) is 16.9. The van der Waals surface area contributed by atoms with Crippen molar-refractivity contribution in [3.8, 4) is 0 Å². The third kappa shape index (κ3) is 7.20. The Hall–Kier alpha value is -4.08. The Labute approximate surface area is 204 Å². The van der Waals surface area contributed by atoms with Crippen molar-refractivity contribution in [2.24, 2.45) is 0 Å². The van der Waals surface area contributed by atoms with Gasteiger partial charge in [0.2, 0.25) is 0 Å². The number of carbonyl (C=O) groups excluding carboxylic acids is 2. The van der Waals surface area contributed by atoms with E-state index in [2.05, 4.69) is 5.32 Å². The summed E-state index contributed by atoms with van der Waals surface area (Å²) in [6.45, 7) is 0.104. The molecule has 0 unspecified atom stereocenters. The lowest BCUT2D eigenvalue weighted by Crippen LogP contribution is -2.34. The second kappa shape index (κ2) is 12.4. The largest absolute Gasteiger partial charge is 0.441 e. The Morgan fingerprint density at radius 2 is 1.69 bits per heavy atom. The number of aliphatic hydroxyl groups excluding tert-OH is 1. The summed E-state index contributed by atoms with van der Waals surface area (Å²) in [7, 11) is 1.49. The molecule has 184 valence electrons. The van der Waals surface area contributed by atoms with E-state index in [1.807, 2.05) is 12.1 Å². The van der Waals surface area contributed by atoms with Crippen molar-refractivity contribution in [2.75, 3.05) is 37.2 Å². The quantitative estimate of drug-likeness (QED) is 0.257. The summed E-state index contributed by atoms with van der Waals surface area (Å²) < 4.78 is 10.9. The molecule has 35 heavy (non-hydrogen) atoms. The van der Waals surface area contributed by atoms with Crippen LogP contribution in [0.5, 0.6) is 0 Å². The predicted octanol–water partition coefficient (Wildman–Crippen LogP) is 3.77. The Balaban J connectivity index is 1.69. The molecule has 0 aliphatic heterocycles. The number of anilines is 3. The zero-order valence-corrected chi connectivity index (χ0v) is 19.5. The highest BCUT2D eigenvalue weighted by molar-refractivity contribution is 6.05. The number of carbonyl (C=O) groups is 2. The number of amides is 2. The van der Waals surface area contributed by atoms with Crippen molar-refractivity contribution in [3.05, 3.63) is 89.5 Å². The molecule has 0 spiro atoms. The molecule has 0 aromatic heterocycles. The molecule has 9 nitrogen and oxygen atoms in total. The van der Waals surface area contributed by atoms with Crippen molar-refractivity contribution < 1.29 is 24.2 Å². The van der Waals surface area contributed by atoms with Crippen LogP contribution in [0, 0.1) is 0 Å². The van der Waals surface area contributed by atoms with Gasteiger partial charge in [0, 0.05) is 31.4 Å². The van der Waals surface area contributed by atoms with Gasteiger partial charge in [-0.15, -0.1) is 0 Å². The van der Waals surface area contributed by atoms with E-state index in [4.69, 9.17) is 20.9 Å². The Morgan fingerprint density at radius 1 is 1.00 bits per heavy atom. The van der Waals surface area contributed by atoms with Gasteiger partial charge < -0.3 is 31.4 Å². The van der Waals surface area contributed by atoms with Gasteiger partial charge in [0.15, 0.2) is 0 Å². The van der Waals surface area contributed by atoms with E-state index in [1.165, 1.54) is 12.0 Å². The summed E-state index contributed by atoms with van der Waals surface area (Å²) in [5.74, 6) is -0.320. The molecule has 0 bridgehead atoms. The number of nitrogen functional groups attached to an aromatic ring is 2. The van der Waals surface area contributed by atoms with Gasteiger partial charge in [0.05, 0.1) is 17.9 Å². The maximum Gasteiger partial charge on any atom is 0.412 e. The maximum absolute atomic E-state index is 12.9. The molecule has 1 atom stereocenters. The maximum atomic E-state index is 12.9. The summed E-state index contributed by atoms with van der Waals surface area (Å²) in [4.78, 5) is 26.9. The van der Waals surface area contributed by atoms with E-state index < -0.39 is 12.2 Å². The van der Waals surface area contributed by atoms with Gasteiger partial charge in [0.1, 0.15) is 12.8 Å². The van der Waals surface area contributed by atoms with Crippen LogP contribution in [0.25, 0.3) is 0 Å². The lowest BCUT2D eigenvalue weighted by molar-refractivity contribution is 0.0113. The van der Waals surface area contributed by atoms with E-state index in [-0.39, 0.29) is 32.2 Å². The number of methoxy groups -OCH3 is 1. The molecule has 9 heteroatoms. The minimum absolute atomic E-state index is 0.0246. The molecule has 3 aromatic carbocycles. The molecular formula is C26H30N4O5. The first-order valence-electron chi connectivity index (χ1n) is 11.1. The van der Waals surface area contributed by atoms with Crippen molar-refractivity contribution in [3.63, 3.8) is 0 Å². The zero-order valence-electron chi connectivity index (χ0n) is 19.5. The molecule has 0 radical (unpaired) electrons. The van der Waals surface area contributed by atoms with E-state index >= 15 is 0 Å². The minimum Gasteiger partial charge on any atom is -0.441 e. The van der Waals surface area contributed by atoms with Crippen LogP contribution < -0.4 is 16.8 Å². The zero-order chi connectivity index (χ0) is 25.2. The second-order valence-electron chi connectivity index (χ2n) is 7.91. The lowest BCUT2D eigenvalue weighted by atomic mass is 10.0. The fourth-order valence-corrected chi connectivity index (χ4v) is 3.42. The molecule has 0 aliphatic rings. The molecule has 2 amide bonds. The summed E-state index contributed by atoms with van der Waals surface area (Å²) >= 11 is 0. The van der Waals surface area contributed by atoms with Crippen LogP contribution in [-0.4, -0.2) is 42.5 Å². The highest BCUT2D eigenvalue weighted by Gasteiger charge is 2.22. The average molecular weight is 479 g/mol. The van der Waals surface area contributed by atoms with Crippen LogP contribution in [0.15, 0.2) is 72.8 Å². The average Bonchev–Trinajstić information content (AvgIpc) is 2.86. The van der Waals surface area contributed by atoms with Gasteiger partial charge in [-0.3, -0.25) is 9.69 Å². The Bertz CT molecular complexity index is 1120. The first kappa shape index (κ1) is 25.5. The van der Waals surface area contributed by atoms with Crippen molar-refractivity contribution in [1.29, 1.82) is 0 Å². The summed E-state index contributed by atoms with van der Waals surface area (Å²) in [6.07, 6.45) is -1.11. The van der Waals surface area contributed by atoms with Crippen molar-refractivity contribution in [1.82, 2.24) is 4.90 Å². The van der Waals surface area contributed by atoms with Gasteiger partial charge in [0.25, 0.3) is 5.91 Å². The molecule has 6 N–H and O–H groups in total. The highest BCUT2D eigenvalue weighted by Crippen LogP contribution is 2.24. The van der Waals surface area contributed by atoms with E-state index in [0.29, 0.717) is 28.2 Å². The van der Waals surface area contributed by atoms with Gasteiger partial charge in [-0.25, -0.2) is 4.79 Å². The number of para-hydroxylation sites is 2.